The van der Waals surface area contributed by atoms with Gasteiger partial charge < -0.3 is 29.4 Å². The predicted octanol–water partition coefficient (Wildman–Crippen LogP) is 4.14. The Morgan fingerprint density at radius 3 is 2.73 bits per heavy atom. The Morgan fingerprint density at radius 2 is 1.95 bits per heavy atom. The Labute approximate surface area is 240 Å². The van der Waals surface area contributed by atoms with Crippen molar-refractivity contribution in [1.29, 1.82) is 5.26 Å². The van der Waals surface area contributed by atoms with E-state index in [0.717, 1.165) is 49.4 Å². The van der Waals surface area contributed by atoms with E-state index in [9.17, 15) is 15.2 Å². The molecule has 2 saturated heterocycles. The van der Waals surface area contributed by atoms with E-state index in [-0.39, 0.29) is 12.5 Å². The third-order valence-electron chi connectivity index (χ3n) is 8.89. The maximum Gasteiger partial charge on any atom is 0.407 e. The first kappa shape index (κ1) is 27.1. The van der Waals surface area contributed by atoms with Crippen molar-refractivity contribution in [3.63, 3.8) is 0 Å². The van der Waals surface area contributed by atoms with Crippen molar-refractivity contribution in [3.8, 4) is 12.1 Å². The zero-order chi connectivity index (χ0) is 28.5. The van der Waals surface area contributed by atoms with Crippen LogP contribution in [-0.2, 0) is 13.0 Å². The van der Waals surface area contributed by atoms with Crippen molar-refractivity contribution >= 4 is 28.4 Å². The van der Waals surface area contributed by atoms with Gasteiger partial charge in [0.15, 0.2) is 0 Å². The highest BCUT2D eigenvalue weighted by atomic mass is 16.5. The van der Waals surface area contributed by atoms with Gasteiger partial charge in [0.05, 0.1) is 30.8 Å². The van der Waals surface area contributed by atoms with Gasteiger partial charge in [-0.3, -0.25) is 0 Å². The number of anilines is 2. The fourth-order valence-corrected chi connectivity index (χ4v) is 6.59. The van der Waals surface area contributed by atoms with Gasteiger partial charge in [0.2, 0.25) is 0 Å². The molecule has 0 spiro atoms. The van der Waals surface area contributed by atoms with E-state index in [1.54, 1.807) is 0 Å². The average Bonchev–Trinajstić information content (AvgIpc) is 3.40. The summed E-state index contributed by atoms with van der Waals surface area (Å²) in [4.78, 5) is 30.1. The summed E-state index contributed by atoms with van der Waals surface area (Å²) >= 11 is 0. The lowest BCUT2D eigenvalue weighted by atomic mass is 10.00. The Morgan fingerprint density at radius 1 is 1.12 bits per heavy atom. The smallest absolute Gasteiger partial charge is 0.407 e. The van der Waals surface area contributed by atoms with Crippen molar-refractivity contribution in [2.45, 2.75) is 57.3 Å². The molecule has 6 rings (SSSR count). The summed E-state index contributed by atoms with van der Waals surface area (Å²) in [6.07, 6.45) is 2.15. The molecule has 1 N–H and O–H groups in total. The second-order valence-electron chi connectivity index (χ2n) is 11.5. The minimum atomic E-state index is -0.989. The fourth-order valence-electron chi connectivity index (χ4n) is 6.59. The number of nitriles is 1. The highest BCUT2D eigenvalue weighted by molar-refractivity contribution is 5.94. The number of hydrogen-bond donors (Lipinski definition) is 1. The number of hydrogen-bond acceptors (Lipinski definition) is 8. The van der Waals surface area contributed by atoms with E-state index in [4.69, 9.17) is 14.7 Å². The van der Waals surface area contributed by atoms with Gasteiger partial charge in [0.1, 0.15) is 12.4 Å². The molecule has 0 saturated carbocycles. The molecule has 0 aliphatic carbocycles. The Balaban J connectivity index is 1.35. The largest absolute Gasteiger partial charge is 0.465 e. The van der Waals surface area contributed by atoms with E-state index >= 15 is 0 Å². The third kappa shape index (κ3) is 5.34. The van der Waals surface area contributed by atoms with Crippen molar-refractivity contribution < 1.29 is 14.6 Å². The lowest BCUT2D eigenvalue weighted by molar-refractivity contribution is 0.110. The van der Waals surface area contributed by atoms with Gasteiger partial charge in [-0.2, -0.15) is 15.2 Å². The standard InChI is InChI=1S/C31H37N7O3/c1-21-17-38(31(39)40)23(12-14-32)18-37(21)29-26-13-16-36(28-11-5-8-22-7-3-4-10-25(22)28)19-27(26)33-30(34-29)41-20-24-9-6-15-35(24)2/h3-5,7-8,10-11,21,23-24H,6,9,12-13,15-20H2,1-2H3,(H,39,40)/t21-,23-,24?/m0/s1. The molecule has 2 fully saturated rings. The summed E-state index contributed by atoms with van der Waals surface area (Å²) in [5.74, 6) is 0.808. The number of fused-ring (bicyclic) bond motifs is 2. The minimum absolute atomic E-state index is 0.107. The minimum Gasteiger partial charge on any atom is -0.465 e. The van der Waals surface area contributed by atoms with E-state index in [0.29, 0.717) is 38.3 Å². The van der Waals surface area contributed by atoms with Crippen LogP contribution in [0.2, 0.25) is 0 Å². The summed E-state index contributed by atoms with van der Waals surface area (Å²) in [5, 5.41) is 21.7. The summed E-state index contributed by atoms with van der Waals surface area (Å²) in [5.41, 5.74) is 3.20. The number of carboxylic acid groups (broad SMARTS) is 1. The molecule has 214 valence electrons. The summed E-state index contributed by atoms with van der Waals surface area (Å²) in [7, 11) is 2.13. The van der Waals surface area contributed by atoms with Crippen molar-refractivity contribution in [2.75, 3.05) is 49.6 Å². The SMILES string of the molecule is C[C@H]1CN(C(=O)O)[C@@H](CC#N)CN1c1nc(OCC2CCCN2C)nc2c1CCN(c1cccc3ccccc13)C2. The van der Waals surface area contributed by atoms with E-state index in [1.165, 1.54) is 21.4 Å². The molecule has 1 amide bonds. The van der Waals surface area contributed by atoms with Crippen LogP contribution in [0.15, 0.2) is 42.5 Å². The lowest BCUT2D eigenvalue weighted by Crippen LogP contribution is -2.59. The van der Waals surface area contributed by atoms with Crippen LogP contribution in [0, 0.1) is 11.3 Å². The van der Waals surface area contributed by atoms with Crippen LogP contribution in [0.1, 0.15) is 37.4 Å². The normalized spacial score (nSPS) is 23.0. The first-order valence-electron chi connectivity index (χ1n) is 14.5. The third-order valence-corrected chi connectivity index (χ3v) is 8.89. The average molecular weight is 556 g/mol. The van der Waals surface area contributed by atoms with Crippen LogP contribution < -0.4 is 14.5 Å². The number of likely N-dealkylation sites (N-methyl/N-ethyl adjacent to an activating group) is 1. The van der Waals surface area contributed by atoms with Crippen LogP contribution in [0.4, 0.5) is 16.3 Å². The zero-order valence-electron chi connectivity index (χ0n) is 23.7. The molecule has 3 aromatic rings. The molecule has 41 heavy (non-hydrogen) atoms. The molecule has 10 nitrogen and oxygen atoms in total. The first-order valence-corrected chi connectivity index (χ1v) is 14.5. The second-order valence-corrected chi connectivity index (χ2v) is 11.5. The lowest BCUT2D eigenvalue weighted by Gasteiger charge is -2.45. The summed E-state index contributed by atoms with van der Waals surface area (Å²) in [6, 6.07) is 17.2. The zero-order valence-corrected chi connectivity index (χ0v) is 23.7. The highest BCUT2D eigenvalue weighted by Gasteiger charge is 2.37. The monoisotopic (exact) mass is 555 g/mol. The molecule has 10 heteroatoms. The van der Waals surface area contributed by atoms with Crippen LogP contribution in [0.25, 0.3) is 10.8 Å². The quantitative estimate of drug-likeness (QED) is 0.480. The molecule has 3 aliphatic heterocycles. The van der Waals surface area contributed by atoms with Gasteiger partial charge in [-0.15, -0.1) is 0 Å². The van der Waals surface area contributed by atoms with Gasteiger partial charge >= 0.3 is 12.1 Å². The van der Waals surface area contributed by atoms with Crippen molar-refractivity contribution in [2.24, 2.45) is 0 Å². The van der Waals surface area contributed by atoms with Crippen molar-refractivity contribution in [1.82, 2.24) is 19.8 Å². The molecule has 3 aliphatic rings. The van der Waals surface area contributed by atoms with Crippen LogP contribution in [0.5, 0.6) is 6.01 Å². The second kappa shape index (κ2) is 11.4. The molecule has 1 unspecified atom stereocenters. The Bertz CT molecular complexity index is 1470. The molecule has 4 heterocycles. The maximum absolute atomic E-state index is 12.0. The molecule has 0 bridgehead atoms. The van der Waals surface area contributed by atoms with Crippen LogP contribution in [-0.4, -0.2) is 88.9 Å². The highest BCUT2D eigenvalue weighted by Crippen LogP contribution is 2.36. The predicted molar refractivity (Wildman–Crippen MR) is 157 cm³/mol. The number of piperazine rings is 1. The number of carbonyl (C=O) groups is 1. The molecular formula is C31H37N7O3. The number of aromatic nitrogens is 2. The van der Waals surface area contributed by atoms with Gasteiger partial charge in [0, 0.05) is 48.4 Å². The van der Waals surface area contributed by atoms with E-state index in [1.807, 2.05) is 6.92 Å². The molecule has 1 aromatic heterocycles. The number of amides is 1. The first-order chi connectivity index (χ1) is 19.9. The van der Waals surface area contributed by atoms with Gasteiger partial charge in [0.25, 0.3) is 0 Å². The Kier molecular flexibility index (Phi) is 7.54. The van der Waals surface area contributed by atoms with Crippen LogP contribution in [0.3, 0.4) is 0 Å². The topological polar surface area (TPSA) is 109 Å². The molecular weight excluding hydrogens is 518 g/mol. The van der Waals surface area contributed by atoms with Gasteiger partial charge in [-0.25, -0.2) is 4.79 Å². The van der Waals surface area contributed by atoms with E-state index < -0.39 is 12.1 Å². The maximum atomic E-state index is 12.0. The number of nitrogens with zero attached hydrogens (tertiary/aromatic N) is 7. The fraction of sp³-hybridized carbons (Fsp3) is 0.484. The van der Waals surface area contributed by atoms with E-state index in [2.05, 4.69) is 70.3 Å². The molecule has 2 aromatic carbocycles. The summed E-state index contributed by atoms with van der Waals surface area (Å²) < 4.78 is 6.27. The Hall–Kier alpha value is -4.10. The van der Waals surface area contributed by atoms with Gasteiger partial charge in [-0.05, 0) is 51.2 Å². The van der Waals surface area contributed by atoms with Gasteiger partial charge in [-0.1, -0.05) is 36.4 Å². The van der Waals surface area contributed by atoms with Crippen LogP contribution >= 0.6 is 0 Å². The number of likely N-dealkylation sites (tertiary alicyclic amines) is 1. The molecule has 3 atom stereocenters. The number of ether oxygens (including phenoxy) is 1. The molecule has 0 radical (unpaired) electrons. The summed E-state index contributed by atoms with van der Waals surface area (Å²) in [6.45, 7) is 5.77. The number of rotatable bonds is 6. The van der Waals surface area contributed by atoms with Crippen molar-refractivity contribution in [3.05, 3.63) is 53.7 Å². The number of benzene rings is 2.